The predicted molar refractivity (Wildman–Crippen MR) is 99.0 cm³/mol. The topological polar surface area (TPSA) is 84.2 Å². The van der Waals surface area contributed by atoms with Crippen molar-refractivity contribution in [1.29, 1.82) is 0 Å². The second kappa shape index (κ2) is 7.41. The lowest BCUT2D eigenvalue weighted by molar-refractivity contribution is -0.383. The van der Waals surface area contributed by atoms with Crippen LogP contribution in [0.2, 0.25) is 10.0 Å². The van der Waals surface area contributed by atoms with Crippen molar-refractivity contribution in [2.24, 2.45) is 5.92 Å². The standard InChI is InChI=1S/C16H17Cl2N5O2/c1-10-3-2-6-22(8-10)16-14(23(24)25)15(19-9-20-16)21-13-5-4-11(17)7-12(13)18/h4-5,7,9-10H,2-3,6,8H2,1H3,(H,19,20,21). The minimum Gasteiger partial charge on any atom is -0.350 e. The zero-order valence-corrected chi connectivity index (χ0v) is 15.1. The summed E-state index contributed by atoms with van der Waals surface area (Å²) in [4.78, 5) is 21.4. The van der Waals surface area contributed by atoms with E-state index in [1.165, 1.54) is 6.33 Å². The molecule has 1 atom stereocenters. The van der Waals surface area contributed by atoms with Crippen molar-refractivity contribution in [3.05, 3.63) is 44.7 Å². The van der Waals surface area contributed by atoms with Crippen molar-refractivity contribution >= 4 is 46.2 Å². The number of piperidine rings is 1. The predicted octanol–water partition coefficient (Wildman–Crippen LogP) is 4.67. The normalized spacial score (nSPS) is 17.4. The van der Waals surface area contributed by atoms with Crippen molar-refractivity contribution < 1.29 is 4.92 Å². The summed E-state index contributed by atoms with van der Waals surface area (Å²) in [6.07, 6.45) is 3.42. The molecule has 25 heavy (non-hydrogen) atoms. The molecule has 1 N–H and O–H groups in total. The summed E-state index contributed by atoms with van der Waals surface area (Å²) in [5.74, 6) is 0.905. The summed E-state index contributed by atoms with van der Waals surface area (Å²) in [5, 5.41) is 15.5. The monoisotopic (exact) mass is 381 g/mol. The minimum absolute atomic E-state index is 0.109. The van der Waals surface area contributed by atoms with E-state index in [1.54, 1.807) is 18.2 Å². The average Bonchev–Trinajstić information content (AvgIpc) is 2.57. The van der Waals surface area contributed by atoms with E-state index >= 15 is 0 Å². The molecule has 0 amide bonds. The molecule has 1 aliphatic heterocycles. The first-order valence-electron chi connectivity index (χ1n) is 7.92. The molecule has 1 fully saturated rings. The highest BCUT2D eigenvalue weighted by Gasteiger charge is 2.29. The lowest BCUT2D eigenvalue weighted by atomic mass is 10.0. The van der Waals surface area contributed by atoms with E-state index < -0.39 is 4.92 Å². The third kappa shape index (κ3) is 3.93. The maximum atomic E-state index is 11.7. The Bertz CT molecular complexity index is 802. The molecular weight excluding hydrogens is 365 g/mol. The van der Waals surface area contributed by atoms with Crippen LogP contribution in [0.25, 0.3) is 0 Å². The quantitative estimate of drug-likeness (QED) is 0.611. The van der Waals surface area contributed by atoms with Gasteiger partial charge < -0.3 is 10.2 Å². The molecule has 1 aromatic heterocycles. The molecule has 0 radical (unpaired) electrons. The largest absolute Gasteiger partial charge is 0.353 e. The van der Waals surface area contributed by atoms with E-state index in [-0.39, 0.29) is 11.5 Å². The molecular formula is C16H17Cl2N5O2. The highest BCUT2D eigenvalue weighted by Crippen LogP contribution is 2.37. The molecule has 3 rings (SSSR count). The van der Waals surface area contributed by atoms with E-state index in [0.717, 1.165) is 25.9 Å². The molecule has 0 bridgehead atoms. The van der Waals surface area contributed by atoms with Gasteiger partial charge in [0.1, 0.15) is 6.33 Å². The van der Waals surface area contributed by atoms with E-state index in [0.29, 0.717) is 27.5 Å². The van der Waals surface area contributed by atoms with Crippen LogP contribution in [-0.4, -0.2) is 28.0 Å². The van der Waals surface area contributed by atoms with Gasteiger partial charge in [-0.15, -0.1) is 0 Å². The SMILES string of the molecule is CC1CCCN(c2ncnc(Nc3ccc(Cl)cc3Cl)c2[N+](=O)[O-])C1. The number of aromatic nitrogens is 2. The average molecular weight is 382 g/mol. The Morgan fingerprint density at radius 2 is 2.16 bits per heavy atom. The van der Waals surface area contributed by atoms with Crippen molar-refractivity contribution in [2.45, 2.75) is 19.8 Å². The maximum absolute atomic E-state index is 11.7. The van der Waals surface area contributed by atoms with E-state index in [9.17, 15) is 10.1 Å². The summed E-state index contributed by atoms with van der Waals surface area (Å²) in [6.45, 7) is 3.61. The first-order valence-corrected chi connectivity index (χ1v) is 8.67. The highest BCUT2D eigenvalue weighted by atomic mass is 35.5. The zero-order chi connectivity index (χ0) is 18.0. The third-order valence-electron chi connectivity index (χ3n) is 4.13. The van der Waals surface area contributed by atoms with Gasteiger partial charge >= 0.3 is 5.69 Å². The number of nitrogens with one attached hydrogen (secondary N) is 1. The van der Waals surface area contributed by atoms with Gasteiger partial charge in [0.25, 0.3) is 0 Å². The lowest BCUT2D eigenvalue weighted by Gasteiger charge is -2.31. The van der Waals surface area contributed by atoms with Crippen LogP contribution < -0.4 is 10.2 Å². The van der Waals surface area contributed by atoms with Crippen molar-refractivity contribution in [3.63, 3.8) is 0 Å². The van der Waals surface area contributed by atoms with Crippen molar-refractivity contribution in [1.82, 2.24) is 9.97 Å². The van der Waals surface area contributed by atoms with Crippen LogP contribution in [0.1, 0.15) is 19.8 Å². The number of nitrogens with zero attached hydrogens (tertiary/aromatic N) is 4. The molecule has 0 spiro atoms. The van der Waals surface area contributed by atoms with Crippen LogP contribution in [0.15, 0.2) is 24.5 Å². The molecule has 0 saturated carbocycles. The Hall–Kier alpha value is -2.12. The summed E-state index contributed by atoms with van der Waals surface area (Å²) >= 11 is 12.0. The molecule has 2 aromatic rings. The molecule has 7 nitrogen and oxygen atoms in total. The molecule has 0 aliphatic carbocycles. The molecule has 1 saturated heterocycles. The molecule has 1 aromatic carbocycles. The van der Waals surface area contributed by atoms with Crippen LogP contribution in [0, 0.1) is 16.0 Å². The summed E-state index contributed by atoms with van der Waals surface area (Å²) in [6, 6.07) is 4.86. The van der Waals surface area contributed by atoms with Gasteiger partial charge in [0.15, 0.2) is 0 Å². The van der Waals surface area contributed by atoms with Gasteiger partial charge in [-0.3, -0.25) is 10.1 Å². The minimum atomic E-state index is -0.458. The zero-order valence-electron chi connectivity index (χ0n) is 13.6. The summed E-state index contributed by atoms with van der Waals surface area (Å²) in [5.41, 5.74) is 0.341. The Labute approximate surface area is 155 Å². The van der Waals surface area contributed by atoms with Gasteiger partial charge in [-0.1, -0.05) is 30.1 Å². The van der Waals surface area contributed by atoms with Gasteiger partial charge in [0, 0.05) is 18.1 Å². The van der Waals surface area contributed by atoms with Crippen LogP contribution in [0.3, 0.4) is 0 Å². The van der Waals surface area contributed by atoms with E-state index in [2.05, 4.69) is 22.2 Å². The molecule has 132 valence electrons. The van der Waals surface area contributed by atoms with Crippen molar-refractivity contribution in [3.8, 4) is 0 Å². The third-order valence-corrected chi connectivity index (χ3v) is 4.67. The lowest BCUT2D eigenvalue weighted by Crippen LogP contribution is -2.35. The Morgan fingerprint density at radius 3 is 2.84 bits per heavy atom. The number of halogens is 2. The number of anilines is 3. The molecule has 2 heterocycles. The Kier molecular flexibility index (Phi) is 5.24. The fraction of sp³-hybridized carbons (Fsp3) is 0.375. The van der Waals surface area contributed by atoms with Crippen LogP contribution in [0.4, 0.5) is 23.0 Å². The van der Waals surface area contributed by atoms with Crippen LogP contribution in [0.5, 0.6) is 0 Å². The Morgan fingerprint density at radius 1 is 1.36 bits per heavy atom. The van der Waals surface area contributed by atoms with Gasteiger partial charge in [0.05, 0.1) is 15.6 Å². The van der Waals surface area contributed by atoms with Gasteiger partial charge in [-0.25, -0.2) is 9.97 Å². The second-order valence-electron chi connectivity index (χ2n) is 6.09. The number of rotatable bonds is 4. The fourth-order valence-electron chi connectivity index (χ4n) is 2.96. The van der Waals surface area contributed by atoms with Gasteiger partial charge in [0.2, 0.25) is 11.6 Å². The Balaban J connectivity index is 1.99. The van der Waals surface area contributed by atoms with E-state index in [4.69, 9.17) is 23.2 Å². The molecule has 1 unspecified atom stereocenters. The number of benzene rings is 1. The number of nitro groups is 1. The first kappa shape index (κ1) is 17.7. The van der Waals surface area contributed by atoms with Crippen molar-refractivity contribution in [2.75, 3.05) is 23.3 Å². The number of hydrogen-bond donors (Lipinski definition) is 1. The summed E-state index contributed by atoms with van der Waals surface area (Å²) in [7, 11) is 0. The summed E-state index contributed by atoms with van der Waals surface area (Å²) < 4.78 is 0. The maximum Gasteiger partial charge on any atom is 0.353 e. The number of hydrogen-bond acceptors (Lipinski definition) is 6. The van der Waals surface area contributed by atoms with Crippen LogP contribution in [-0.2, 0) is 0 Å². The van der Waals surface area contributed by atoms with E-state index in [1.807, 2.05) is 4.90 Å². The van der Waals surface area contributed by atoms with Gasteiger partial charge in [-0.05, 0) is 37.0 Å². The molecule has 9 heteroatoms. The fourth-order valence-corrected chi connectivity index (χ4v) is 3.42. The molecule has 1 aliphatic rings. The second-order valence-corrected chi connectivity index (χ2v) is 6.94. The highest BCUT2D eigenvalue weighted by molar-refractivity contribution is 6.36. The van der Waals surface area contributed by atoms with Gasteiger partial charge in [-0.2, -0.15) is 0 Å². The smallest absolute Gasteiger partial charge is 0.350 e. The van der Waals surface area contributed by atoms with Crippen LogP contribution >= 0.6 is 23.2 Å². The first-order chi connectivity index (χ1) is 12.0.